The fraction of sp³-hybridized carbons (Fsp3) is 0.273. The molecule has 1 aromatic carbocycles. The maximum atomic E-state index is 5.88. The summed E-state index contributed by atoms with van der Waals surface area (Å²) < 4.78 is 5.17. The Morgan fingerprint density at radius 3 is 2.62 bits per heavy atom. The van der Waals surface area contributed by atoms with E-state index in [2.05, 4.69) is 0 Å². The smallest absolute Gasteiger partial charge is 0.135 e. The van der Waals surface area contributed by atoms with Crippen molar-refractivity contribution in [3.8, 4) is 0 Å². The maximum absolute atomic E-state index is 5.88. The first-order chi connectivity index (χ1) is 6.27. The summed E-state index contributed by atoms with van der Waals surface area (Å²) in [6, 6.07) is 5.78. The van der Waals surface area contributed by atoms with E-state index in [0.29, 0.717) is 0 Å². The van der Waals surface area contributed by atoms with Crippen LogP contribution in [0.5, 0.6) is 0 Å². The van der Waals surface area contributed by atoms with Crippen LogP contribution in [0.2, 0.25) is 5.02 Å². The van der Waals surface area contributed by atoms with Gasteiger partial charge in [0, 0.05) is 16.5 Å². The number of furan rings is 1. The predicted octanol–water partition coefficient (Wildman–Crippen LogP) is 4.42. The normalized spacial score (nSPS) is 9.54. The zero-order valence-electron chi connectivity index (χ0n) is 8.10. The summed E-state index contributed by atoms with van der Waals surface area (Å²) in [5.74, 6) is 0. The zero-order valence-corrected chi connectivity index (χ0v) is 8.85. The molecule has 13 heavy (non-hydrogen) atoms. The maximum Gasteiger partial charge on any atom is 0.135 e. The molecule has 0 aliphatic rings. The molecule has 1 heterocycles. The molecule has 0 aliphatic carbocycles. The van der Waals surface area contributed by atoms with Crippen molar-refractivity contribution in [3.63, 3.8) is 0 Å². The third-order valence-corrected chi connectivity index (χ3v) is 2.14. The van der Waals surface area contributed by atoms with Crippen molar-refractivity contribution >= 4 is 22.6 Å². The lowest BCUT2D eigenvalue weighted by atomic mass is 10.2. The monoisotopic (exact) mass is 196 g/mol. The van der Waals surface area contributed by atoms with Gasteiger partial charge in [0.2, 0.25) is 0 Å². The second kappa shape index (κ2) is 4.33. The van der Waals surface area contributed by atoms with E-state index in [-0.39, 0.29) is 0 Å². The summed E-state index contributed by atoms with van der Waals surface area (Å²) in [4.78, 5) is 0. The molecular weight excluding hydrogens is 184 g/mol. The summed E-state index contributed by atoms with van der Waals surface area (Å²) >= 11 is 5.88. The van der Waals surface area contributed by atoms with Gasteiger partial charge in [0.25, 0.3) is 0 Å². The highest BCUT2D eigenvalue weighted by molar-refractivity contribution is 6.32. The van der Waals surface area contributed by atoms with Crippen LogP contribution in [0.1, 0.15) is 19.4 Å². The highest BCUT2D eigenvalue weighted by atomic mass is 35.5. The molecule has 0 saturated heterocycles. The van der Waals surface area contributed by atoms with Gasteiger partial charge < -0.3 is 4.42 Å². The predicted molar refractivity (Wildman–Crippen MR) is 57.3 cm³/mol. The van der Waals surface area contributed by atoms with Crippen LogP contribution >= 0.6 is 11.6 Å². The second-order valence-electron chi connectivity index (χ2n) is 2.56. The fourth-order valence-electron chi connectivity index (χ4n) is 1.10. The molecule has 2 heteroatoms. The summed E-state index contributed by atoms with van der Waals surface area (Å²) in [5, 5.41) is 1.86. The van der Waals surface area contributed by atoms with Crippen LogP contribution in [0, 0.1) is 6.92 Å². The first kappa shape index (κ1) is 10.1. The van der Waals surface area contributed by atoms with E-state index in [4.69, 9.17) is 16.0 Å². The van der Waals surface area contributed by atoms with Gasteiger partial charge in [-0.15, -0.1) is 0 Å². The van der Waals surface area contributed by atoms with Crippen molar-refractivity contribution in [3.05, 3.63) is 35.0 Å². The lowest BCUT2D eigenvalue weighted by Crippen LogP contribution is -1.72. The zero-order chi connectivity index (χ0) is 9.84. The molecule has 70 valence electrons. The third kappa shape index (κ3) is 2.04. The first-order valence-electron chi connectivity index (χ1n) is 4.41. The van der Waals surface area contributed by atoms with Crippen molar-refractivity contribution in [1.29, 1.82) is 0 Å². The van der Waals surface area contributed by atoms with Crippen molar-refractivity contribution in [1.82, 2.24) is 0 Å². The Labute approximate surface area is 83.3 Å². The first-order valence-corrected chi connectivity index (χ1v) is 4.78. The van der Waals surface area contributed by atoms with Crippen LogP contribution in [0.15, 0.2) is 28.9 Å². The van der Waals surface area contributed by atoms with E-state index < -0.39 is 0 Å². The topological polar surface area (TPSA) is 13.1 Å². The minimum Gasteiger partial charge on any atom is -0.464 e. The number of aryl methyl sites for hydroxylation is 1. The largest absolute Gasteiger partial charge is 0.464 e. The number of benzene rings is 1. The molecule has 0 fully saturated rings. The van der Waals surface area contributed by atoms with Crippen molar-refractivity contribution in [2.45, 2.75) is 20.8 Å². The minimum atomic E-state index is 0.757. The lowest BCUT2D eigenvalue weighted by molar-refractivity contribution is 0.616. The molecule has 2 rings (SSSR count). The molecule has 0 atom stereocenters. The Bertz CT molecular complexity index is 354. The summed E-state index contributed by atoms with van der Waals surface area (Å²) in [7, 11) is 0. The lowest BCUT2D eigenvalue weighted by Gasteiger charge is -1.95. The van der Waals surface area contributed by atoms with Crippen LogP contribution in [0.4, 0.5) is 0 Å². The Hall–Kier alpha value is -0.950. The molecule has 1 nitrogen and oxygen atoms in total. The second-order valence-corrected chi connectivity index (χ2v) is 2.97. The van der Waals surface area contributed by atoms with Crippen LogP contribution in [0.25, 0.3) is 11.0 Å². The van der Waals surface area contributed by atoms with Gasteiger partial charge in [-0.3, -0.25) is 0 Å². The van der Waals surface area contributed by atoms with Crippen molar-refractivity contribution in [2.24, 2.45) is 0 Å². The summed E-state index contributed by atoms with van der Waals surface area (Å²) in [6.45, 7) is 5.98. The number of rotatable bonds is 0. The molecule has 0 aliphatic heterocycles. The Balaban J connectivity index is 0.000000396. The van der Waals surface area contributed by atoms with Gasteiger partial charge in [-0.25, -0.2) is 0 Å². The van der Waals surface area contributed by atoms with E-state index in [1.54, 1.807) is 6.26 Å². The quantitative estimate of drug-likeness (QED) is 0.608. The molecule has 2 aromatic rings. The number of hydrogen-bond donors (Lipinski definition) is 0. The van der Waals surface area contributed by atoms with Crippen LogP contribution in [-0.4, -0.2) is 0 Å². The molecule has 0 spiro atoms. The van der Waals surface area contributed by atoms with Crippen LogP contribution in [0.3, 0.4) is 0 Å². The van der Waals surface area contributed by atoms with Crippen molar-refractivity contribution in [2.75, 3.05) is 0 Å². The minimum absolute atomic E-state index is 0.757. The van der Waals surface area contributed by atoms with E-state index in [1.165, 1.54) is 0 Å². The molecule has 0 N–H and O–H groups in total. The number of hydrogen-bond acceptors (Lipinski definition) is 1. The van der Waals surface area contributed by atoms with E-state index in [0.717, 1.165) is 21.6 Å². The van der Waals surface area contributed by atoms with E-state index in [9.17, 15) is 0 Å². The molecule has 0 bridgehead atoms. The third-order valence-electron chi connectivity index (χ3n) is 1.73. The van der Waals surface area contributed by atoms with Gasteiger partial charge >= 0.3 is 0 Å². The Morgan fingerprint density at radius 2 is 1.92 bits per heavy atom. The highest BCUT2D eigenvalue weighted by Gasteiger charge is 2.00. The molecule has 1 aromatic heterocycles. The van der Waals surface area contributed by atoms with Gasteiger partial charge in [0.05, 0.1) is 6.26 Å². The summed E-state index contributed by atoms with van der Waals surface area (Å²) in [6.07, 6.45) is 1.67. The molecular formula is C11H13ClO. The average molecular weight is 197 g/mol. The average Bonchev–Trinajstić information content (AvgIpc) is 2.56. The van der Waals surface area contributed by atoms with Crippen molar-refractivity contribution < 1.29 is 4.42 Å². The standard InChI is InChI=1S/C9H7ClO.C2H6/c1-6-4-7-2-3-11-9(7)5-8(6)10;1-2/h2-5H,1H3;1-2H3. The SMILES string of the molecule is CC.Cc1cc2ccoc2cc1Cl. The van der Waals surface area contributed by atoms with Crippen LogP contribution < -0.4 is 0 Å². The van der Waals surface area contributed by atoms with E-state index in [1.807, 2.05) is 39.0 Å². The fourth-order valence-corrected chi connectivity index (χ4v) is 1.25. The van der Waals surface area contributed by atoms with Gasteiger partial charge in [0.15, 0.2) is 0 Å². The Kier molecular flexibility index (Phi) is 3.38. The molecule has 0 amide bonds. The summed E-state index contributed by atoms with van der Waals surface area (Å²) in [5.41, 5.74) is 1.93. The number of fused-ring (bicyclic) bond motifs is 1. The van der Waals surface area contributed by atoms with Gasteiger partial charge in [-0.05, 0) is 24.6 Å². The van der Waals surface area contributed by atoms with Gasteiger partial charge in [0.1, 0.15) is 5.58 Å². The Morgan fingerprint density at radius 1 is 1.23 bits per heavy atom. The van der Waals surface area contributed by atoms with Crippen LogP contribution in [-0.2, 0) is 0 Å². The molecule has 0 radical (unpaired) electrons. The van der Waals surface area contributed by atoms with Gasteiger partial charge in [-0.2, -0.15) is 0 Å². The number of halogens is 1. The molecule has 0 saturated carbocycles. The highest BCUT2D eigenvalue weighted by Crippen LogP contribution is 2.23. The van der Waals surface area contributed by atoms with E-state index >= 15 is 0 Å². The molecule has 0 unspecified atom stereocenters. The van der Waals surface area contributed by atoms with Gasteiger partial charge in [-0.1, -0.05) is 25.4 Å².